The van der Waals surface area contributed by atoms with Crippen LogP contribution in [0.4, 0.5) is 17.2 Å². The average Bonchev–Trinajstić information content (AvgIpc) is 2.38. The molecule has 0 bridgehead atoms. The molecule has 1 amide bonds. The summed E-state index contributed by atoms with van der Waals surface area (Å²) < 4.78 is 0. The highest BCUT2D eigenvalue weighted by Crippen LogP contribution is 2.22. The minimum absolute atomic E-state index is 0.222. The van der Waals surface area contributed by atoms with Gasteiger partial charge in [0.1, 0.15) is 5.82 Å². The highest BCUT2D eigenvalue weighted by molar-refractivity contribution is 6.04. The van der Waals surface area contributed by atoms with Gasteiger partial charge in [-0.25, -0.2) is 4.98 Å². The summed E-state index contributed by atoms with van der Waals surface area (Å²) in [5, 5.41) is 2.76. The first kappa shape index (κ1) is 13.9. The second-order valence-electron chi connectivity index (χ2n) is 4.79. The van der Waals surface area contributed by atoms with Crippen LogP contribution >= 0.6 is 0 Å². The van der Waals surface area contributed by atoms with E-state index in [0.717, 1.165) is 11.4 Å². The van der Waals surface area contributed by atoms with Crippen LogP contribution in [0.3, 0.4) is 0 Å². The first-order chi connectivity index (χ1) is 9.47. The van der Waals surface area contributed by atoms with Crippen molar-refractivity contribution in [2.45, 2.75) is 6.92 Å². The zero-order chi connectivity index (χ0) is 14.7. The number of amides is 1. The number of carbonyl (C=O) groups excluding carboxylic acids is 1. The summed E-state index contributed by atoms with van der Waals surface area (Å²) in [7, 11) is 3.81. The molecule has 0 saturated carbocycles. The second kappa shape index (κ2) is 5.61. The SMILES string of the molecule is Cc1cccc(NC(=O)c2ccc(N(C)C)c(N)c2)n1. The Balaban J connectivity index is 2.19. The lowest BCUT2D eigenvalue weighted by Gasteiger charge is -2.15. The van der Waals surface area contributed by atoms with E-state index in [4.69, 9.17) is 5.73 Å². The van der Waals surface area contributed by atoms with E-state index in [-0.39, 0.29) is 5.91 Å². The predicted molar refractivity (Wildman–Crippen MR) is 82.1 cm³/mol. The Hall–Kier alpha value is -2.56. The van der Waals surface area contributed by atoms with Crippen LogP contribution in [0.2, 0.25) is 0 Å². The molecule has 2 rings (SSSR count). The Bertz CT molecular complexity index is 638. The van der Waals surface area contributed by atoms with E-state index in [1.54, 1.807) is 18.2 Å². The van der Waals surface area contributed by atoms with Gasteiger partial charge in [-0.15, -0.1) is 0 Å². The maximum absolute atomic E-state index is 12.1. The fraction of sp³-hybridized carbons (Fsp3) is 0.200. The molecule has 0 aliphatic carbocycles. The summed E-state index contributed by atoms with van der Waals surface area (Å²) in [5.41, 5.74) is 8.76. The third-order valence-electron chi connectivity index (χ3n) is 2.90. The Morgan fingerprint density at radius 3 is 2.60 bits per heavy atom. The minimum Gasteiger partial charge on any atom is -0.397 e. The number of nitrogen functional groups attached to an aromatic ring is 1. The molecule has 1 aromatic heterocycles. The number of nitrogens with zero attached hydrogens (tertiary/aromatic N) is 2. The van der Waals surface area contributed by atoms with Crippen LogP contribution in [0.1, 0.15) is 16.1 Å². The molecule has 5 heteroatoms. The quantitative estimate of drug-likeness (QED) is 0.839. The molecule has 0 spiro atoms. The summed E-state index contributed by atoms with van der Waals surface area (Å²) in [6.45, 7) is 1.87. The number of aromatic nitrogens is 1. The lowest BCUT2D eigenvalue weighted by atomic mass is 10.1. The number of aryl methyl sites for hydroxylation is 1. The number of nitrogens with two attached hydrogens (primary N) is 1. The zero-order valence-electron chi connectivity index (χ0n) is 11.8. The highest BCUT2D eigenvalue weighted by atomic mass is 16.1. The van der Waals surface area contributed by atoms with E-state index >= 15 is 0 Å². The van der Waals surface area contributed by atoms with Gasteiger partial charge in [-0.3, -0.25) is 4.79 Å². The molecule has 104 valence electrons. The van der Waals surface area contributed by atoms with E-state index in [1.165, 1.54) is 0 Å². The van der Waals surface area contributed by atoms with Crippen molar-refractivity contribution in [3.8, 4) is 0 Å². The van der Waals surface area contributed by atoms with Crippen molar-refractivity contribution in [2.75, 3.05) is 30.0 Å². The third-order valence-corrected chi connectivity index (χ3v) is 2.90. The highest BCUT2D eigenvalue weighted by Gasteiger charge is 2.10. The molecular weight excluding hydrogens is 252 g/mol. The molecule has 0 radical (unpaired) electrons. The van der Waals surface area contributed by atoms with E-state index < -0.39 is 0 Å². The molecule has 0 fully saturated rings. The van der Waals surface area contributed by atoms with Gasteiger partial charge in [-0.1, -0.05) is 6.07 Å². The van der Waals surface area contributed by atoms with Crippen LogP contribution in [-0.4, -0.2) is 25.0 Å². The molecule has 1 heterocycles. The molecule has 0 atom stereocenters. The van der Waals surface area contributed by atoms with Gasteiger partial charge >= 0.3 is 0 Å². The van der Waals surface area contributed by atoms with Crippen molar-refractivity contribution >= 4 is 23.1 Å². The van der Waals surface area contributed by atoms with E-state index in [9.17, 15) is 4.79 Å². The fourth-order valence-corrected chi connectivity index (χ4v) is 1.90. The lowest BCUT2D eigenvalue weighted by Crippen LogP contribution is -2.15. The topological polar surface area (TPSA) is 71.2 Å². The Morgan fingerprint density at radius 2 is 2.00 bits per heavy atom. The molecule has 1 aromatic carbocycles. The normalized spacial score (nSPS) is 10.2. The fourth-order valence-electron chi connectivity index (χ4n) is 1.90. The lowest BCUT2D eigenvalue weighted by molar-refractivity contribution is 0.102. The van der Waals surface area contributed by atoms with Crippen LogP contribution < -0.4 is 16.0 Å². The largest absolute Gasteiger partial charge is 0.397 e. The van der Waals surface area contributed by atoms with Gasteiger partial charge < -0.3 is 16.0 Å². The number of anilines is 3. The zero-order valence-corrected chi connectivity index (χ0v) is 11.8. The Morgan fingerprint density at radius 1 is 1.25 bits per heavy atom. The van der Waals surface area contributed by atoms with Crippen LogP contribution in [0.15, 0.2) is 36.4 Å². The number of rotatable bonds is 3. The summed E-state index contributed by atoms with van der Waals surface area (Å²) in [4.78, 5) is 18.3. The van der Waals surface area contributed by atoms with Crippen molar-refractivity contribution in [1.82, 2.24) is 4.98 Å². The van der Waals surface area contributed by atoms with Gasteiger partial charge in [0.15, 0.2) is 0 Å². The molecule has 0 aliphatic heterocycles. The molecule has 20 heavy (non-hydrogen) atoms. The summed E-state index contributed by atoms with van der Waals surface area (Å²) in [5.74, 6) is 0.311. The minimum atomic E-state index is -0.222. The van der Waals surface area contributed by atoms with E-state index in [2.05, 4.69) is 10.3 Å². The van der Waals surface area contributed by atoms with Crippen molar-refractivity contribution in [1.29, 1.82) is 0 Å². The predicted octanol–water partition coefficient (Wildman–Crippen LogP) is 2.29. The smallest absolute Gasteiger partial charge is 0.256 e. The maximum atomic E-state index is 12.1. The molecule has 0 aliphatic rings. The number of hydrogen-bond donors (Lipinski definition) is 2. The third kappa shape index (κ3) is 3.06. The first-order valence-electron chi connectivity index (χ1n) is 6.29. The van der Waals surface area contributed by atoms with Crippen LogP contribution in [0.5, 0.6) is 0 Å². The van der Waals surface area contributed by atoms with Crippen LogP contribution in [0.25, 0.3) is 0 Å². The number of pyridine rings is 1. The van der Waals surface area contributed by atoms with Gasteiger partial charge in [-0.2, -0.15) is 0 Å². The molecular formula is C15H18N4O. The maximum Gasteiger partial charge on any atom is 0.256 e. The van der Waals surface area contributed by atoms with Gasteiger partial charge in [0.05, 0.1) is 11.4 Å². The van der Waals surface area contributed by atoms with Gasteiger partial charge in [0.2, 0.25) is 0 Å². The molecule has 0 unspecified atom stereocenters. The molecule has 0 saturated heterocycles. The Kier molecular flexibility index (Phi) is 3.89. The van der Waals surface area contributed by atoms with Crippen molar-refractivity contribution in [3.05, 3.63) is 47.7 Å². The average molecular weight is 270 g/mol. The van der Waals surface area contributed by atoms with Gasteiger partial charge in [0, 0.05) is 25.4 Å². The van der Waals surface area contributed by atoms with Crippen molar-refractivity contribution < 1.29 is 4.79 Å². The number of hydrogen-bond acceptors (Lipinski definition) is 4. The van der Waals surface area contributed by atoms with Crippen LogP contribution in [-0.2, 0) is 0 Å². The summed E-state index contributed by atoms with van der Waals surface area (Å²) in [6, 6.07) is 10.7. The number of carbonyl (C=O) groups is 1. The molecule has 5 nitrogen and oxygen atoms in total. The molecule has 3 N–H and O–H groups in total. The molecule has 2 aromatic rings. The number of nitrogens with one attached hydrogen (secondary N) is 1. The summed E-state index contributed by atoms with van der Waals surface area (Å²) in [6.07, 6.45) is 0. The second-order valence-corrected chi connectivity index (χ2v) is 4.79. The van der Waals surface area contributed by atoms with Gasteiger partial charge in [0.25, 0.3) is 5.91 Å². The first-order valence-corrected chi connectivity index (χ1v) is 6.29. The standard InChI is InChI=1S/C15H18N4O/c1-10-5-4-6-14(17-10)18-15(20)11-7-8-13(19(2)3)12(16)9-11/h4-9H,16H2,1-3H3,(H,17,18,20). The van der Waals surface area contributed by atoms with Crippen LogP contribution in [0, 0.1) is 6.92 Å². The monoisotopic (exact) mass is 270 g/mol. The van der Waals surface area contributed by atoms with Gasteiger partial charge in [-0.05, 0) is 37.3 Å². The summed E-state index contributed by atoms with van der Waals surface area (Å²) >= 11 is 0. The van der Waals surface area contributed by atoms with Crippen molar-refractivity contribution in [2.24, 2.45) is 0 Å². The van der Waals surface area contributed by atoms with Crippen molar-refractivity contribution in [3.63, 3.8) is 0 Å². The van der Waals surface area contributed by atoms with E-state index in [1.807, 2.05) is 44.1 Å². The number of benzene rings is 1. The van der Waals surface area contributed by atoms with E-state index in [0.29, 0.717) is 17.1 Å². The Labute approximate surface area is 118 Å².